The zero-order valence-electron chi connectivity index (χ0n) is 86.9. The average molecular weight is 1250 g/mol. The molecule has 3 aliphatic heterocycles. The standard InChI is InChI=1S/3C19H17ClFN5S/c3*20-17-8-15-18(23-11-24-19(15)27-17)25-14-3-5-26(6-4-14)10-12-1-2-16(21)13(7-12)9-22/h3*1-2,7-8,11,14H,3-6,10H2,(H,23,24,25)/i1D,2D,3D2,4D2,5D2,6D2,7D,8D,10D2,11D,14D;1D,2D,3D2,4D2,5D2,6D2,7D,8D,10D,11D,14D;1D,2D,3D2,4D2,5D2,6D2,7D,8D,10D,14D/hD3. The number of nitrogens with one attached hydrogen (secondary N) is 3. The Kier molecular flexibility index (Phi) is 7.65. The van der Waals surface area contributed by atoms with Crippen molar-refractivity contribution in [1.82, 2.24) is 44.6 Å². The van der Waals surface area contributed by atoms with Gasteiger partial charge in [-0.25, -0.2) is 43.1 Å². The molecule has 0 radical (unpaired) electrons. The Morgan fingerprint density at radius 1 is 0.531 bits per heavy atom. The molecule has 9 aromatic rings. The summed E-state index contributed by atoms with van der Waals surface area (Å²) in [4.78, 5) is 20.5. The third kappa shape index (κ3) is 14.8. The number of nitriles is 3. The minimum absolute atomic E-state index is 0.0200. The molecule has 3 saturated heterocycles. The molecule has 2 unspecified atom stereocenters. The predicted octanol–water partition coefficient (Wildman–Crippen LogP) is 13.3. The van der Waals surface area contributed by atoms with Gasteiger partial charge in [0.15, 0.2) is 4.24 Å². The van der Waals surface area contributed by atoms with Crippen LogP contribution in [0.15, 0.2) is 91.4 Å². The zero-order valence-corrected chi connectivity index (χ0v) is 43.7. The number of likely N-dealkylation sites (tertiary alicyclic amines) is 3. The number of nitrogens with zero attached hydrogens (tertiary/aromatic N) is 12. The minimum atomic E-state index is -4.19. The summed E-state index contributed by atoms with van der Waals surface area (Å²) < 4.78 is 450. The smallest absolute Gasteiger partial charge is 0.162 e. The molecule has 2 atom stereocenters. The van der Waals surface area contributed by atoms with Gasteiger partial charge in [-0.2, -0.15) is 15.8 Å². The van der Waals surface area contributed by atoms with Crippen LogP contribution >= 0.6 is 68.8 Å². The third-order valence-corrected chi connectivity index (χ3v) is 12.6. The van der Waals surface area contributed by atoms with Gasteiger partial charge in [0.2, 0.25) is 0 Å². The van der Waals surface area contributed by atoms with Gasteiger partial charge >= 0.3 is 0 Å². The van der Waals surface area contributed by atoms with Gasteiger partial charge in [-0.3, -0.25) is 14.7 Å². The Morgan fingerprint density at radius 2 is 0.877 bits per heavy atom. The van der Waals surface area contributed by atoms with Crippen LogP contribution in [0.2, 0.25) is 17.2 Å². The van der Waals surface area contributed by atoms with Crippen molar-refractivity contribution in [2.75, 3.05) is 54.9 Å². The van der Waals surface area contributed by atoms with Gasteiger partial charge in [-0.15, -0.1) is 34.0 Å². The Hall–Kier alpha value is -6.81. The third-order valence-electron chi connectivity index (χ3n) is 9.33. The summed E-state index contributed by atoms with van der Waals surface area (Å²) >= 11 is 20.0. The first-order chi connectivity index (χ1) is 58.3. The Labute approximate surface area is 560 Å². The van der Waals surface area contributed by atoms with E-state index in [4.69, 9.17) is 101 Å². The number of anilines is 3. The van der Waals surface area contributed by atoms with E-state index >= 15 is 0 Å². The highest BCUT2D eigenvalue weighted by Crippen LogP contribution is 2.35. The van der Waals surface area contributed by atoms with Gasteiger partial charge in [-0.05, 0) is 109 Å². The summed E-state index contributed by atoms with van der Waals surface area (Å²) in [7, 11) is 0. The average Bonchev–Trinajstić information content (AvgIpc) is 1.09. The molecular weight excluding hydrogens is 1150 g/mol. The van der Waals surface area contributed by atoms with Crippen LogP contribution in [0.25, 0.3) is 30.6 Å². The molecule has 3 N–H and O–H groups in total. The molecule has 0 saturated carbocycles. The first-order valence-corrected chi connectivity index (χ1v) is 24.9. The Bertz CT molecular complexity index is 6220. The van der Waals surface area contributed by atoms with Crippen LogP contribution in [0.5, 0.6) is 0 Å². The molecule has 3 aliphatic rings. The Morgan fingerprint density at radius 3 is 1.27 bits per heavy atom. The largest absolute Gasteiger partial charge is 0.367 e. The second-order valence-electron chi connectivity index (χ2n) is 14.5. The number of benzene rings is 3. The van der Waals surface area contributed by atoms with Crippen LogP contribution in [-0.2, 0) is 19.5 Å². The van der Waals surface area contributed by atoms with Crippen molar-refractivity contribution in [1.29, 1.82) is 15.8 Å². The second kappa shape index (κ2) is 26.8. The molecule has 9 heterocycles. The molecule has 3 aromatic carbocycles. The predicted molar refractivity (Wildman–Crippen MR) is 316 cm³/mol. The molecule has 0 bridgehead atoms. The minimum Gasteiger partial charge on any atom is -0.367 e. The topological polar surface area (TPSA) is 195 Å². The van der Waals surface area contributed by atoms with Crippen molar-refractivity contribution in [3.8, 4) is 18.2 Å². The summed E-state index contributed by atoms with van der Waals surface area (Å²) in [6.07, 6.45) is -25.2. The number of piperidine rings is 3. The van der Waals surface area contributed by atoms with Crippen LogP contribution in [-0.4, -0.2) is 102 Å². The van der Waals surface area contributed by atoms with Crippen LogP contribution in [0.3, 0.4) is 0 Å². The molecule has 3 fully saturated rings. The van der Waals surface area contributed by atoms with E-state index in [2.05, 4.69) is 29.9 Å². The zero-order chi connectivity index (χ0) is 99.0. The molecule has 15 nitrogen and oxygen atoms in total. The van der Waals surface area contributed by atoms with Gasteiger partial charge < -0.3 is 15.9 Å². The first kappa shape index (κ1) is 23.1. The fourth-order valence-electron chi connectivity index (χ4n) is 5.94. The number of rotatable bonds is 12. The summed E-state index contributed by atoms with van der Waals surface area (Å²) in [5.41, 5.74) is -7.24. The van der Waals surface area contributed by atoms with Crippen molar-refractivity contribution in [2.24, 2.45) is 0 Å². The van der Waals surface area contributed by atoms with Crippen molar-refractivity contribution in [3.05, 3.63) is 155 Å². The van der Waals surface area contributed by atoms with E-state index in [0.29, 0.717) is 22.7 Å². The highest BCUT2D eigenvalue weighted by Gasteiger charge is 2.24. The number of halogens is 6. The summed E-state index contributed by atoms with van der Waals surface area (Å²) in [5, 5.41) is 25.7. The second-order valence-corrected chi connectivity index (χ2v) is 19.3. The lowest BCUT2D eigenvalue weighted by molar-refractivity contribution is 0.211. The highest BCUT2D eigenvalue weighted by molar-refractivity contribution is 7.23. The van der Waals surface area contributed by atoms with Crippen molar-refractivity contribution in [3.63, 3.8) is 0 Å². The molecule has 0 amide bonds. The van der Waals surface area contributed by atoms with E-state index in [1.165, 1.54) is 18.2 Å². The number of thiophene rings is 3. The summed E-state index contributed by atoms with van der Waals surface area (Å²) in [5.74, 6) is -7.63. The molecule has 414 valence electrons. The molecule has 0 aliphatic carbocycles. The summed E-state index contributed by atoms with van der Waals surface area (Å²) in [6, 6.07) is -21.6. The van der Waals surface area contributed by atoms with Gasteiger partial charge in [0.05, 0.1) is 66.4 Å². The fourth-order valence-corrected chi connectivity index (χ4v) is 8.86. The van der Waals surface area contributed by atoms with Crippen molar-refractivity contribution >= 4 is 117 Å². The van der Waals surface area contributed by atoms with Crippen molar-refractivity contribution < 1.29 is 79.1 Å². The van der Waals surface area contributed by atoms with Gasteiger partial charge in [0, 0.05) is 115 Å². The van der Waals surface area contributed by atoms with E-state index in [-0.39, 0.29) is 58.6 Å². The fraction of sp³-hybridized carbons (Fsp3) is 0.316. The lowest BCUT2D eigenvalue weighted by Crippen LogP contribution is -2.38. The van der Waals surface area contributed by atoms with Gasteiger partial charge in [-0.1, -0.05) is 52.9 Å². The van der Waals surface area contributed by atoms with Gasteiger partial charge in [0.1, 0.15) is 89.3 Å². The van der Waals surface area contributed by atoms with Crippen LogP contribution in [0, 0.1) is 51.4 Å². The SMILES string of the molecule is [2H]c1c([2H])c(C([2H])N2C([2H])([2H])C([2H])([2H])C([2H])(N([2H])c3ncnc4sc(Cl)c([2H])c34)C([2H])([2H])C2([2H])[2H])c([2H])c(C#N)c1F.[2H]c1nc(N([2H])C2([2H])C([2H])([2H])C([2H])([2H])N(C([2H])([2H])c3c([2H])c([2H])c(F)c(C#N)c3[2H])C([2H])([2H])C2([2H])[2H])c2c([2H])c(Cl)sc2n1.[2H]c1nc(N([2H])C2([2H])C([2H])([2H])C([2H])([2H])N(C([2H])c3c([2H])c([2H])c(F)c(C#N)c3[2H])C([2H])([2H])C2([2H])[2H])c2c([2H])c(Cl)sc2n1. The number of fused-ring (bicyclic) bond motifs is 3. The molecule has 12 rings (SSSR count). The van der Waals surface area contributed by atoms with Crippen LogP contribution in [0.1, 0.15) is 133 Å². The molecule has 81 heavy (non-hydrogen) atoms. The first-order valence-electron chi connectivity index (χ1n) is 45.3. The molecule has 6 aromatic heterocycles. The number of hydrogen-bond donors (Lipinski definition) is 3. The Balaban J connectivity index is 0.000000201. The van der Waals surface area contributed by atoms with Crippen molar-refractivity contribution in [2.45, 2.75) is 75.8 Å². The maximum atomic E-state index is 14.5. The number of aromatic nitrogens is 6. The molecule has 0 spiro atoms. The molecular formula is C57H51Cl3F3N15S3. The van der Waals surface area contributed by atoms with E-state index in [0.717, 1.165) is 17.7 Å². The van der Waals surface area contributed by atoms with Crippen LogP contribution in [0.4, 0.5) is 30.6 Å². The van der Waals surface area contributed by atoms with E-state index < -0.39 is 284 Å². The quantitative estimate of drug-likeness (QED) is 0.104. The highest BCUT2D eigenvalue weighted by atomic mass is 35.5. The maximum Gasteiger partial charge on any atom is 0.162 e. The maximum absolute atomic E-state index is 14.5. The normalized spacial score (nSPS) is 33.9. The van der Waals surface area contributed by atoms with Gasteiger partial charge in [0.25, 0.3) is 0 Å². The number of hydrogen-bond acceptors (Lipinski definition) is 18. The van der Waals surface area contributed by atoms with E-state index in [1.807, 2.05) is 0 Å². The monoisotopic (exact) mass is 1250 g/mol. The molecule has 24 heteroatoms. The lowest BCUT2D eigenvalue weighted by atomic mass is 10.0. The lowest BCUT2D eigenvalue weighted by Gasteiger charge is -2.32. The van der Waals surface area contributed by atoms with E-state index in [1.54, 1.807) is 0 Å². The summed E-state index contributed by atoms with van der Waals surface area (Å²) in [6.45, 7) is -33.6. The van der Waals surface area contributed by atoms with Crippen LogP contribution < -0.4 is 15.9 Å². The van der Waals surface area contributed by atoms with E-state index in [9.17, 15) is 29.0 Å².